The molecule has 0 aliphatic carbocycles. The Morgan fingerprint density at radius 1 is 1.44 bits per heavy atom. The topological polar surface area (TPSA) is 41.1 Å². The largest absolute Gasteiger partial charge is 0.357 e. The van der Waals surface area contributed by atoms with Gasteiger partial charge < -0.3 is 10.2 Å². The summed E-state index contributed by atoms with van der Waals surface area (Å²) >= 11 is 0. The molecule has 1 aromatic rings. The van der Waals surface area contributed by atoms with Gasteiger partial charge in [0.2, 0.25) is 5.95 Å². The fourth-order valence-corrected chi connectivity index (χ4v) is 2.26. The number of aromatic nitrogens is 2. The molecule has 0 aromatic carbocycles. The Hall–Kier alpha value is -1.32. The van der Waals surface area contributed by atoms with Gasteiger partial charge in [0.05, 0.1) is 0 Å². The van der Waals surface area contributed by atoms with E-state index in [2.05, 4.69) is 34.0 Å². The van der Waals surface area contributed by atoms with Gasteiger partial charge in [-0.05, 0) is 24.3 Å². The number of rotatable bonds is 2. The Bertz CT molecular complexity index is 362. The first-order valence-electron chi connectivity index (χ1n) is 5.86. The van der Waals surface area contributed by atoms with E-state index in [1.807, 2.05) is 19.3 Å². The summed E-state index contributed by atoms with van der Waals surface area (Å²) < 4.78 is 0. The summed E-state index contributed by atoms with van der Waals surface area (Å²) in [6.45, 7) is 6.81. The van der Waals surface area contributed by atoms with Gasteiger partial charge in [-0.1, -0.05) is 13.8 Å². The molecule has 2 heterocycles. The molecule has 0 radical (unpaired) electrons. The lowest BCUT2D eigenvalue weighted by Gasteiger charge is -2.38. The minimum Gasteiger partial charge on any atom is -0.357 e. The Morgan fingerprint density at radius 2 is 2.25 bits per heavy atom. The van der Waals surface area contributed by atoms with Gasteiger partial charge in [-0.15, -0.1) is 0 Å². The zero-order chi connectivity index (χ0) is 11.6. The molecule has 4 nitrogen and oxygen atoms in total. The molecule has 0 atom stereocenters. The average Bonchev–Trinajstić information content (AvgIpc) is 2.28. The second kappa shape index (κ2) is 4.28. The van der Waals surface area contributed by atoms with Crippen molar-refractivity contribution in [3.63, 3.8) is 0 Å². The van der Waals surface area contributed by atoms with Crippen LogP contribution >= 0.6 is 0 Å². The summed E-state index contributed by atoms with van der Waals surface area (Å²) in [7, 11) is 1.85. The predicted molar refractivity (Wildman–Crippen MR) is 66.8 cm³/mol. The van der Waals surface area contributed by atoms with Crippen LogP contribution in [0.2, 0.25) is 0 Å². The monoisotopic (exact) mass is 220 g/mol. The fourth-order valence-electron chi connectivity index (χ4n) is 2.26. The molecule has 1 aliphatic heterocycles. The van der Waals surface area contributed by atoms with E-state index >= 15 is 0 Å². The number of hydrogen-bond donors (Lipinski definition) is 1. The Balaban J connectivity index is 2.16. The van der Waals surface area contributed by atoms with E-state index in [1.165, 1.54) is 12.8 Å². The van der Waals surface area contributed by atoms with Crippen LogP contribution in [0.4, 0.5) is 11.8 Å². The second-order valence-electron chi connectivity index (χ2n) is 5.18. The minimum absolute atomic E-state index is 0.392. The van der Waals surface area contributed by atoms with E-state index < -0.39 is 0 Å². The maximum atomic E-state index is 4.48. The van der Waals surface area contributed by atoms with Gasteiger partial charge in [-0.2, -0.15) is 4.98 Å². The van der Waals surface area contributed by atoms with Gasteiger partial charge in [-0.3, -0.25) is 0 Å². The normalized spacial score (nSPS) is 19.6. The standard InChI is InChI=1S/C12H20N4/c1-12(2)6-4-8-16(9-12)10-5-7-14-11(13-3)15-10/h5,7H,4,6,8-9H2,1-3H3,(H,13,14,15). The molecular formula is C12H20N4. The molecular weight excluding hydrogens is 200 g/mol. The minimum atomic E-state index is 0.392. The van der Waals surface area contributed by atoms with E-state index in [9.17, 15) is 0 Å². The molecule has 1 aromatic heterocycles. The third-order valence-corrected chi connectivity index (χ3v) is 3.09. The smallest absolute Gasteiger partial charge is 0.224 e. The number of nitrogens with one attached hydrogen (secondary N) is 1. The zero-order valence-corrected chi connectivity index (χ0v) is 10.3. The fraction of sp³-hybridized carbons (Fsp3) is 0.667. The van der Waals surface area contributed by atoms with Crippen LogP contribution < -0.4 is 10.2 Å². The van der Waals surface area contributed by atoms with Gasteiger partial charge in [0, 0.05) is 26.3 Å². The van der Waals surface area contributed by atoms with Gasteiger partial charge in [0.1, 0.15) is 5.82 Å². The SMILES string of the molecule is CNc1nccc(N2CCCC(C)(C)C2)n1. The molecule has 0 unspecified atom stereocenters. The highest BCUT2D eigenvalue weighted by Gasteiger charge is 2.27. The van der Waals surface area contributed by atoms with E-state index in [0.29, 0.717) is 11.4 Å². The summed E-state index contributed by atoms with van der Waals surface area (Å²) in [5.41, 5.74) is 0.392. The van der Waals surface area contributed by atoms with Gasteiger partial charge >= 0.3 is 0 Å². The Labute approximate surface area is 97.1 Å². The molecule has 16 heavy (non-hydrogen) atoms. The van der Waals surface area contributed by atoms with Crippen LogP contribution in [-0.2, 0) is 0 Å². The molecule has 4 heteroatoms. The predicted octanol–water partition coefficient (Wildman–Crippen LogP) is 2.14. The molecule has 0 spiro atoms. The van der Waals surface area contributed by atoms with Crippen molar-refractivity contribution in [2.45, 2.75) is 26.7 Å². The van der Waals surface area contributed by atoms with Crippen LogP contribution in [0.15, 0.2) is 12.3 Å². The summed E-state index contributed by atoms with van der Waals surface area (Å²) in [5.74, 6) is 1.73. The number of anilines is 2. The molecule has 1 N–H and O–H groups in total. The Morgan fingerprint density at radius 3 is 2.94 bits per heavy atom. The first kappa shape index (κ1) is 11.2. The lowest BCUT2D eigenvalue weighted by molar-refractivity contribution is 0.292. The number of hydrogen-bond acceptors (Lipinski definition) is 4. The molecule has 1 saturated heterocycles. The van der Waals surface area contributed by atoms with E-state index in [0.717, 1.165) is 18.9 Å². The van der Waals surface area contributed by atoms with Crippen molar-refractivity contribution in [2.24, 2.45) is 5.41 Å². The van der Waals surface area contributed by atoms with Crippen LogP contribution in [-0.4, -0.2) is 30.1 Å². The lowest BCUT2D eigenvalue weighted by atomic mass is 9.84. The van der Waals surface area contributed by atoms with Crippen LogP contribution in [0.25, 0.3) is 0 Å². The molecule has 1 fully saturated rings. The van der Waals surface area contributed by atoms with E-state index in [4.69, 9.17) is 0 Å². The first-order valence-corrected chi connectivity index (χ1v) is 5.86. The maximum absolute atomic E-state index is 4.48. The van der Waals surface area contributed by atoms with Gasteiger partial charge in [0.15, 0.2) is 0 Å². The molecule has 2 rings (SSSR count). The van der Waals surface area contributed by atoms with Crippen molar-refractivity contribution in [2.75, 3.05) is 30.4 Å². The van der Waals surface area contributed by atoms with Crippen LogP contribution in [0.3, 0.4) is 0 Å². The van der Waals surface area contributed by atoms with Gasteiger partial charge in [0.25, 0.3) is 0 Å². The molecule has 0 bridgehead atoms. The summed E-state index contributed by atoms with van der Waals surface area (Å²) in [6.07, 6.45) is 4.36. The van der Waals surface area contributed by atoms with Crippen LogP contribution in [0.1, 0.15) is 26.7 Å². The third-order valence-electron chi connectivity index (χ3n) is 3.09. The zero-order valence-electron chi connectivity index (χ0n) is 10.3. The number of piperidine rings is 1. The van der Waals surface area contributed by atoms with Crippen molar-refractivity contribution in [3.8, 4) is 0 Å². The highest BCUT2D eigenvalue weighted by atomic mass is 15.2. The quantitative estimate of drug-likeness (QED) is 0.829. The van der Waals surface area contributed by atoms with Crippen molar-refractivity contribution in [1.82, 2.24) is 9.97 Å². The Kier molecular flexibility index (Phi) is 2.99. The van der Waals surface area contributed by atoms with Crippen molar-refractivity contribution >= 4 is 11.8 Å². The number of nitrogens with zero attached hydrogens (tertiary/aromatic N) is 3. The third kappa shape index (κ3) is 2.43. The van der Waals surface area contributed by atoms with E-state index in [1.54, 1.807) is 0 Å². The average molecular weight is 220 g/mol. The van der Waals surface area contributed by atoms with Crippen molar-refractivity contribution in [3.05, 3.63) is 12.3 Å². The maximum Gasteiger partial charge on any atom is 0.224 e. The molecule has 0 amide bonds. The molecule has 0 saturated carbocycles. The van der Waals surface area contributed by atoms with Gasteiger partial charge in [-0.25, -0.2) is 4.98 Å². The van der Waals surface area contributed by atoms with Crippen molar-refractivity contribution in [1.29, 1.82) is 0 Å². The molecule has 88 valence electrons. The van der Waals surface area contributed by atoms with Crippen molar-refractivity contribution < 1.29 is 0 Å². The van der Waals surface area contributed by atoms with Crippen LogP contribution in [0, 0.1) is 5.41 Å². The summed E-state index contributed by atoms with van der Waals surface area (Å²) in [4.78, 5) is 11.0. The first-order chi connectivity index (χ1) is 7.61. The van der Waals surface area contributed by atoms with E-state index in [-0.39, 0.29) is 0 Å². The highest BCUT2D eigenvalue weighted by molar-refractivity contribution is 5.42. The summed E-state index contributed by atoms with van der Waals surface area (Å²) in [6, 6.07) is 1.99. The summed E-state index contributed by atoms with van der Waals surface area (Å²) in [5, 5.41) is 2.98. The molecule has 1 aliphatic rings. The highest BCUT2D eigenvalue weighted by Crippen LogP contribution is 2.30. The second-order valence-corrected chi connectivity index (χ2v) is 5.18. The van der Waals surface area contributed by atoms with Crippen LogP contribution in [0.5, 0.6) is 0 Å². The lowest BCUT2D eigenvalue weighted by Crippen LogP contribution is -2.40.